The third-order valence-corrected chi connectivity index (χ3v) is 5.49. The standard InChI is InChI=1S/C20H21N7O2S/c1-14(2)19-20(30-17-7-3-6-16(11-17)27(28)29)26(13-15-5-4-9-22-12-15)18(24-19)8-10-23-25-21/h3-7,9,11-12,14H,8,10,13H2,1-2H3. The fourth-order valence-electron chi connectivity index (χ4n) is 2.98. The number of pyridine rings is 1. The average Bonchev–Trinajstić information content (AvgIpc) is 3.06. The number of benzene rings is 1. The average molecular weight is 424 g/mol. The molecule has 0 radical (unpaired) electrons. The number of rotatable bonds is 9. The topological polar surface area (TPSA) is 123 Å². The van der Waals surface area contributed by atoms with Gasteiger partial charge < -0.3 is 4.57 Å². The first-order valence-corrected chi connectivity index (χ1v) is 10.2. The Balaban J connectivity index is 2.06. The number of nitro groups is 1. The summed E-state index contributed by atoms with van der Waals surface area (Å²) in [4.78, 5) is 23.4. The van der Waals surface area contributed by atoms with Gasteiger partial charge in [0.25, 0.3) is 5.69 Å². The van der Waals surface area contributed by atoms with Gasteiger partial charge in [0.2, 0.25) is 0 Å². The Morgan fingerprint density at radius 3 is 2.83 bits per heavy atom. The summed E-state index contributed by atoms with van der Waals surface area (Å²) in [5, 5.41) is 15.7. The van der Waals surface area contributed by atoms with Crippen LogP contribution in [-0.2, 0) is 13.0 Å². The Hall–Kier alpha value is -3.36. The van der Waals surface area contributed by atoms with Crippen molar-refractivity contribution in [1.82, 2.24) is 14.5 Å². The van der Waals surface area contributed by atoms with Crippen molar-refractivity contribution < 1.29 is 4.92 Å². The summed E-state index contributed by atoms with van der Waals surface area (Å²) in [5.41, 5.74) is 10.6. The lowest BCUT2D eigenvalue weighted by atomic mass is 10.1. The minimum absolute atomic E-state index is 0.0491. The first-order chi connectivity index (χ1) is 14.5. The minimum atomic E-state index is -0.397. The quantitative estimate of drug-likeness (QED) is 0.151. The smallest absolute Gasteiger partial charge is 0.270 e. The van der Waals surface area contributed by atoms with Crippen LogP contribution in [0, 0.1) is 10.1 Å². The van der Waals surface area contributed by atoms with Gasteiger partial charge in [0.05, 0.1) is 17.2 Å². The number of hydrogen-bond acceptors (Lipinski definition) is 6. The van der Waals surface area contributed by atoms with Gasteiger partial charge in [-0.3, -0.25) is 15.1 Å². The van der Waals surface area contributed by atoms with Crippen molar-refractivity contribution in [1.29, 1.82) is 0 Å². The summed E-state index contributed by atoms with van der Waals surface area (Å²) < 4.78 is 2.09. The zero-order chi connectivity index (χ0) is 21.5. The van der Waals surface area contributed by atoms with Gasteiger partial charge in [-0.25, -0.2) is 4.98 Å². The number of imidazole rings is 1. The van der Waals surface area contributed by atoms with Crippen molar-refractivity contribution in [2.75, 3.05) is 6.54 Å². The number of aromatic nitrogens is 3. The van der Waals surface area contributed by atoms with Crippen LogP contribution in [0.1, 0.15) is 36.8 Å². The fraction of sp³-hybridized carbons (Fsp3) is 0.300. The predicted molar refractivity (Wildman–Crippen MR) is 115 cm³/mol. The number of non-ortho nitro benzene ring substituents is 1. The van der Waals surface area contributed by atoms with E-state index in [4.69, 9.17) is 10.5 Å². The molecule has 0 fully saturated rings. The van der Waals surface area contributed by atoms with E-state index in [0.29, 0.717) is 19.5 Å². The maximum absolute atomic E-state index is 11.2. The van der Waals surface area contributed by atoms with Crippen molar-refractivity contribution in [2.45, 2.75) is 42.7 Å². The van der Waals surface area contributed by atoms with Crippen LogP contribution in [0.5, 0.6) is 0 Å². The Morgan fingerprint density at radius 2 is 2.17 bits per heavy atom. The zero-order valence-electron chi connectivity index (χ0n) is 16.7. The molecule has 0 saturated heterocycles. The highest BCUT2D eigenvalue weighted by atomic mass is 32.2. The highest BCUT2D eigenvalue weighted by Crippen LogP contribution is 2.36. The molecule has 3 aromatic rings. The summed E-state index contributed by atoms with van der Waals surface area (Å²) in [5.74, 6) is 0.961. The minimum Gasteiger partial charge on any atom is -0.318 e. The van der Waals surface area contributed by atoms with Crippen LogP contribution in [0.4, 0.5) is 5.69 Å². The van der Waals surface area contributed by atoms with Gasteiger partial charge in [0.1, 0.15) is 10.9 Å². The molecule has 0 atom stereocenters. The van der Waals surface area contributed by atoms with Gasteiger partial charge in [0, 0.05) is 47.3 Å². The van der Waals surface area contributed by atoms with Gasteiger partial charge in [-0.2, -0.15) is 0 Å². The van der Waals surface area contributed by atoms with Gasteiger partial charge >= 0.3 is 0 Å². The third-order valence-electron chi connectivity index (χ3n) is 4.38. The van der Waals surface area contributed by atoms with Crippen molar-refractivity contribution in [3.05, 3.63) is 86.4 Å². The molecular formula is C20H21N7O2S. The van der Waals surface area contributed by atoms with Crippen molar-refractivity contribution >= 4 is 17.4 Å². The summed E-state index contributed by atoms with van der Waals surface area (Å²) >= 11 is 1.45. The molecule has 0 spiro atoms. The molecule has 0 N–H and O–H groups in total. The van der Waals surface area contributed by atoms with Crippen LogP contribution in [0.25, 0.3) is 10.4 Å². The van der Waals surface area contributed by atoms with Crippen LogP contribution in [-0.4, -0.2) is 26.0 Å². The molecule has 9 nitrogen and oxygen atoms in total. The van der Waals surface area contributed by atoms with Crippen molar-refractivity contribution in [3.8, 4) is 0 Å². The van der Waals surface area contributed by atoms with Gasteiger partial charge in [0.15, 0.2) is 0 Å². The second-order valence-corrected chi connectivity index (χ2v) is 7.94. The van der Waals surface area contributed by atoms with E-state index < -0.39 is 4.92 Å². The molecule has 0 aliphatic carbocycles. The van der Waals surface area contributed by atoms with Crippen LogP contribution in [0.2, 0.25) is 0 Å². The molecule has 30 heavy (non-hydrogen) atoms. The summed E-state index contributed by atoms with van der Waals surface area (Å²) in [6, 6.07) is 10.4. The van der Waals surface area contributed by atoms with Crippen molar-refractivity contribution in [3.63, 3.8) is 0 Å². The lowest BCUT2D eigenvalue weighted by Gasteiger charge is -2.13. The summed E-state index contributed by atoms with van der Waals surface area (Å²) in [6.07, 6.45) is 4.02. The molecule has 1 aromatic carbocycles. The Morgan fingerprint density at radius 1 is 1.33 bits per heavy atom. The van der Waals surface area contributed by atoms with E-state index in [2.05, 4.69) is 33.4 Å². The number of hydrogen-bond donors (Lipinski definition) is 0. The first-order valence-electron chi connectivity index (χ1n) is 9.41. The van der Waals surface area contributed by atoms with Crippen molar-refractivity contribution in [2.24, 2.45) is 5.11 Å². The monoisotopic (exact) mass is 423 g/mol. The molecule has 0 unspecified atom stereocenters. The lowest BCUT2D eigenvalue weighted by Crippen LogP contribution is -2.08. The normalized spacial score (nSPS) is 10.8. The van der Waals surface area contributed by atoms with Gasteiger partial charge in [-0.15, -0.1) is 0 Å². The van der Waals surface area contributed by atoms with Crippen LogP contribution in [0.15, 0.2) is 63.8 Å². The lowest BCUT2D eigenvalue weighted by molar-refractivity contribution is -0.385. The second kappa shape index (κ2) is 9.91. The molecule has 2 heterocycles. The molecule has 3 rings (SSSR count). The number of nitrogens with zero attached hydrogens (tertiary/aromatic N) is 7. The first kappa shape index (κ1) is 21.4. The Bertz CT molecular complexity index is 1080. The molecule has 0 bridgehead atoms. The van der Waals surface area contributed by atoms with E-state index in [1.54, 1.807) is 24.5 Å². The molecule has 0 amide bonds. The Kier molecular flexibility index (Phi) is 7.05. The molecule has 0 saturated carbocycles. The molecule has 154 valence electrons. The molecular weight excluding hydrogens is 402 g/mol. The zero-order valence-corrected chi connectivity index (χ0v) is 17.5. The number of nitro benzene ring substituents is 1. The second-order valence-electron chi connectivity index (χ2n) is 6.88. The Labute approximate surface area is 178 Å². The van der Waals surface area contributed by atoms with E-state index in [1.165, 1.54) is 17.8 Å². The van der Waals surface area contributed by atoms with E-state index >= 15 is 0 Å². The summed E-state index contributed by atoms with van der Waals surface area (Å²) in [7, 11) is 0. The van der Waals surface area contributed by atoms with Crippen LogP contribution >= 0.6 is 11.8 Å². The van der Waals surface area contributed by atoms with Crippen LogP contribution in [0.3, 0.4) is 0 Å². The fourth-order valence-corrected chi connectivity index (χ4v) is 4.20. The van der Waals surface area contributed by atoms with Gasteiger partial charge in [-0.05, 0) is 29.1 Å². The van der Waals surface area contributed by atoms with E-state index in [9.17, 15) is 10.1 Å². The van der Waals surface area contributed by atoms with E-state index in [1.807, 2.05) is 18.2 Å². The number of azide groups is 1. The summed E-state index contributed by atoms with van der Waals surface area (Å²) in [6.45, 7) is 4.98. The highest BCUT2D eigenvalue weighted by molar-refractivity contribution is 7.99. The third kappa shape index (κ3) is 5.16. The molecule has 0 aliphatic rings. The highest BCUT2D eigenvalue weighted by Gasteiger charge is 2.21. The van der Waals surface area contributed by atoms with Crippen LogP contribution < -0.4 is 0 Å². The van der Waals surface area contributed by atoms with E-state index in [-0.39, 0.29) is 11.6 Å². The van der Waals surface area contributed by atoms with Gasteiger partial charge in [-0.1, -0.05) is 42.9 Å². The molecule has 0 aliphatic heterocycles. The molecule has 2 aromatic heterocycles. The maximum Gasteiger partial charge on any atom is 0.270 e. The van der Waals surface area contributed by atoms with E-state index in [0.717, 1.165) is 27.0 Å². The molecule has 10 heteroatoms. The maximum atomic E-state index is 11.2. The SMILES string of the molecule is CC(C)c1nc(CCN=[N+]=[N-])n(Cc2cccnc2)c1Sc1cccc([N+](=O)[O-])c1. The largest absolute Gasteiger partial charge is 0.318 e. The predicted octanol–water partition coefficient (Wildman–Crippen LogP) is 5.36.